The second-order valence-electron chi connectivity index (χ2n) is 9.03. The minimum Gasteiger partial charge on any atom is -0.291 e. The Bertz CT molecular complexity index is 1640. The number of fused-ring (bicyclic) bond motifs is 6. The quantitative estimate of drug-likeness (QED) is 0.264. The Morgan fingerprint density at radius 1 is 0.636 bits per heavy atom. The van der Waals surface area contributed by atoms with E-state index in [9.17, 15) is 0 Å². The number of aromatic nitrogens is 2. The molecule has 6 rings (SSSR count). The summed E-state index contributed by atoms with van der Waals surface area (Å²) >= 11 is 0. The van der Waals surface area contributed by atoms with E-state index in [1.165, 1.54) is 55.2 Å². The van der Waals surface area contributed by atoms with Crippen LogP contribution in [0.3, 0.4) is 0 Å². The van der Waals surface area contributed by atoms with Crippen molar-refractivity contribution >= 4 is 27.3 Å². The lowest BCUT2D eigenvalue weighted by Crippen LogP contribution is -1.98. The monoisotopic (exact) mass is 426 g/mol. The lowest BCUT2D eigenvalue weighted by molar-refractivity contribution is 1.19. The minimum atomic E-state index is 0.926. The van der Waals surface area contributed by atoms with Crippen molar-refractivity contribution in [1.82, 2.24) is 9.38 Å². The number of aryl methyl sites for hydroxylation is 3. The first-order valence-corrected chi connectivity index (χ1v) is 11.5. The van der Waals surface area contributed by atoms with Crippen molar-refractivity contribution in [2.45, 2.75) is 27.2 Å². The first-order chi connectivity index (χ1) is 16.1. The Kier molecular flexibility index (Phi) is 4.55. The zero-order valence-electron chi connectivity index (χ0n) is 19.3. The van der Waals surface area contributed by atoms with E-state index in [1.54, 1.807) is 0 Å². The van der Waals surface area contributed by atoms with Crippen LogP contribution in [0.5, 0.6) is 0 Å². The summed E-state index contributed by atoms with van der Waals surface area (Å²) in [5.74, 6) is 0. The molecule has 0 saturated heterocycles. The summed E-state index contributed by atoms with van der Waals surface area (Å²) in [5.41, 5.74) is 11.0. The van der Waals surface area contributed by atoms with Crippen LogP contribution in [0.15, 0.2) is 91.0 Å². The molecule has 160 valence electrons. The van der Waals surface area contributed by atoms with Crippen LogP contribution in [-0.4, -0.2) is 9.38 Å². The summed E-state index contributed by atoms with van der Waals surface area (Å²) in [4.78, 5) is 5.10. The average molecular weight is 427 g/mol. The minimum absolute atomic E-state index is 0.926. The predicted octanol–water partition coefficient (Wildman–Crippen LogP) is 7.82. The molecule has 0 aliphatic heterocycles. The van der Waals surface area contributed by atoms with Gasteiger partial charge in [0.25, 0.3) is 0 Å². The molecule has 2 heterocycles. The number of nitrogens with zero attached hydrogens (tertiary/aromatic N) is 2. The van der Waals surface area contributed by atoms with Gasteiger partial charge in [0.1, 0.15) is 5.65 Å². The van der Waals surface area contributed by atoms with Crippen molar-refractivity contribution in [2.24, 2.45) is 0 Å². The molecule has 0 atom stereocenters. The Hall–Kier alpha value is -3.91. The maximum Gasteiger partial charge on any atom is 0.145 e. The molecule has 0 radical (unpaired) electrons. The van der Waals surface area contributed by atoms with Crippen LogP contribution >= 0.6 is 0 Å². The first-order valence-electron chi connectivity index (χ1n) is 11.5. The third kappa shape index (κ3) is 3.14. The Labute approximate surface area is 194 Å². The molecular formula is C31H26N2. The summed E-state index contributed by atoms with van der Waals surface area (Å²) in [5, 5.41) is 3.73. The van der Waals surface area contributed by atoms with Gasteiger partial charge in [-0.3, -0.25) is 4.40 Å². The van der Waals surface area contributed by atoms with E-state index in [-0.39, 0.29) is 0 Å². The molecule has 0 unspecified atom stereocenters. The normalized spacial score (nSPS) is 11.6. The summed E-state index contributed by atoms with van der Waals surface area (Å²) in [6.07, 6.45) is 0.926. The van der Waals surface area contributed by atoms with Gasteiger partial charge in [-0.05, 0) is 67.0 Å². The molecule has 2 aromatic heterocycles. The highest BCUT2D eigenvalue weighted by Crippen LogP contribution is 2.37. The molecule has 2 heteroatoms. The lowest BCUT2D eigenvalue weighted by atomic mass is 9.97. The van der Waals surface area contributed by atoms with Gasteiger partial charge in [0.2, 0.25) is 0 Å². The molecule has 0 aliphatic rings. The highest BCUT2D eigenvalue weighted by molar-refractivity contribution is 6.12. The van der Waals surface area contributed by atoms with E-state index in [1.807, 2.05) is 0 Å². The Morgan fingerprint density at radius 3 is 2.09 bits per heavy atom. The highest BCUT2D eigenvalue weighted by atomic mass is 15.0. The fourth-order valence-corrected chi connectivity index (χ4v) is 5.27. The Morgan fingerprint density at radius 2 is 1.33 bits per heavy atom. The van der Waals surface area contributed by atoms with Gasteiger partial charge in [0, 0.05) is 16.3 Å². The van der Waals surface area contributed by atoms with Gasteiger partial charge in [-0.25, -0.2) is 4.98 Å². The van der Waals surface area contributed by atoms with Gasteiger partial charge < -0.3 is 0 Å². The number of imidazole rings is 1. The van der Waals surface area contributed by atoms with E-state index < -0.39 is 0 Å². The van der Waals surface area contributed by atoms with Crippen LogP contribution in [0.1, 0.15) is 27.9 Å². The van der Waals surface area contributed by atoms with Gasteiger partial charge in [-0.1, -0.05) is 78.9 Å². The van der Waals surface area contributed by atoms with E-state index in [2.05, 4.69) is 116 Å². The third-order valence-electron chi connectivity index (χ3n) is 6.78. The van der Waals surface area contributed by atoms with Crippen LogP contribution in [0.2, 0.25) is 0 Å². The zero-order chi connectivity index (χ0) is 22.5. The summed E-state index contributed by atoms with van der Waals surface area (Å²) in [6, 6.07) is 32.8. The molecule has 0 bridgehead atoms. The second kappa shape index (κ2) is 7.60. The number of hydrogen-bond acceptors (Lipinski definition) is 1. The third-order valence-corrected chi connectivity index (χ3v) is 6.78. The van der Waals surface area contributed by atoms with Gasteiger partial charge in [0.15, 0.2) is 0 Å². The zero-order valence-corrected chi connectivity index (χ0v) is 19.3. The van der Waals surface area contributed by atoms with E-state index in [0.29, 0.717) is 0 Å². The SMILES string of the molecule is Cc1cccc(C)c1-c1c(C)nc2c3ccccc3c3cc(Cc4ccccc4)ccc3n12. The van der Waals surface area contributed by atoms with Gasteiger partial charge in [-0.15, -0.1) is 0 Å². The van der Waals surface area contributed by atoms with Crippen molar-refractivity contribution in [3.8, 4) is 11.3 Å². The van der Waals surface area contributed by atoms with Gasteiger partial charge >= 0.3 is 0 Å². The molecule has 0 amide bonds. The molecule has 6 aromatic rings. The maximum absolute atomic E-state index is 5.10. The van der Waals surface area contributed by atoms with Crippen LogP contribution in [-0.2, 0) is 6.42 Å². The topological polar surface area (TPSA) is 17.3 Å². The van der Waals surface area contributed by atoms with Crippen LogP contribution in [0.4, 0.5) is 0 Å². The molecule has 2 nitrogen and oxygen atoms in total. The number of pyridine rings is 1. The smallest absolute Gasteiger partial charge is 0.145 e. The lowest BCUT2D eigenvalue weighted by Gasteiger charge is -2.15. The van der Waals surface area contributed by atoms with E-state index in [4.69, 9.17) is 4.98 Å². The average Bonchev–Trinajstić information content (AvgIpc) is 3.17. The highest BCUT2D eigenvalue weighted by Gasteiger charge is 2.19. The molecule has 0 fully saturated rings. The van der Waals surface area contributed by atoms with Gasteiger partial charge in [0.05, 0.1) is 16.9 Å². The number of benzene rings is 4. The van der Waals surface area contributed by atoms with Crippen LogP contribution < -0.4 is 0 Å². The van der Waals surface area contributed by atoms with Crippen LogP contribution in [0, 0.1) is 20.8 Å². The number of rotatable bonds is 3. The van der Waals surface area contributed by atoms with Gasteiger partial charge in [-0.2, -0.15) is 0 Å². The predicted molar refractivity (Wildman–Crippen MR) is 139 cm³/mol. The first kappa shape index (κ1) is 19.8. The largest absolute Gasteiger partial charge is 0.291 e. The summed E-state index contributed by atoms with van der Waals surface area (Å²) < 4.78 is 2.38. The summed E-state index contributed by atoms with van der Waals surface area (Å²) in [7, 11) is 0. The second-order valence-corrected chi connectivity index (χ2v) is 9.03. The van der Waals surface area contributed by atoms with Crippen molar-refractivity contribution in [2.75, 3.05) is 0 Å². The van der Waals surface area contributed by atoms with E-state index in [0.717, 1.165) is 17.8 Å². The van der Waals surface area contributed by atoms with Crippen molar-refractivity contribution < 1.29 is 0 Å². The molecule has 33 heavy (non-hydrogen) atoms. The van der Waals surface area contributed by atoms with E-state index >= 15 is 0 Å². The number of hydrogen-bond donors (Lipinski definition) is 0. The van der Waals surface area contributed by atoms with Crippen molar-refractivity contribution in [3.63, 3.8) is 0 Å². The fourth-order valence-electron chi connectivity index (χ4n) is 5.27. The summed E-state index contributed by atoms with van der Waals surface area (Å²) in [6.45, 7) is 6.53. The molecule has 0 N–H and O–H groups in total. The van der Waals surface area contributed by atoms with Crippen molar-refractivity contribution in [3.05, 3.63) is 119 Å². The fraction of sp³-hybridized carbons (Fsp3) is 0.129. The molecular weight excluding hydrogens is 400 g/mol. The molecule has 0 saturated carbocycles. The Balaban J connectivity index is 1.71. The molecule has 0 spiro atoms. The van der Waals surface area contributed by atoms with Crippen molar-refractivity contribution in [1.29, 1.82) is 0 Å². The molecule has 4 aromatic carbocycles. The molecule has 0 aliphatic carbocycles. The van der Waals surface area contributed by atoms with Crippen LogP contribution in [0.25, 0.3) is 38.6 Å². The standard InChI is InChI=1S/C31H26N2/c1-20-10-9-11-21(2)29(20)30-22(3)32-31-26-15-8-7-14-25(26)27-19-24(16-17-28(27)33(30)31)18-23-12-5-4-6-13-23/h4-17,19H,18H2,1-3H3. The maximum atomic E-state index is 5.10.